The van der Waals surface area contributed by atoms with E-state index in [9.17, 15) is 4.79 Å². The Labute approximate surface area is 193 Å². The van der Waals surface area contributed by atoms with Crippen molar-refractivity contribution < 1.29 is 14.6 Å². The maximum Gasteiger partial charge on any atom is 0.404 e. The summed E-state index contributed by atoms with van der Waals surface area (Å²) in [6.45, 7) is 4.20. The molecule has 1 aliphatic carbocycles. The van der Waals surface area contributed by atoms with Crippen LogP contribution in [-0.2, 0) is 11.3 Å². The molecule has 1 aliphatic heterocycles. The Hall–Kier alpha value is -3.40. The molecule has 10 nitrogen and oxygen atoms in total. The van der Waals surface area contributed by atoms with Gasteiger partial charge in [0.25, 0.3) is 0 Å². The quantitative estimate of drug-likeness (QED) is 0.464. The van der Waals surface area contributed by atoms with Crippen molar-refractivity contribution in [3.05, 3.63) is 36.8 Å². The van der Waals surface area contributed by atoms with Gasteiger partial charge in [0.15, 0.2) is 0 Å². The van der Waals surface area contributed by atoms with Gasteiger partial charge in [0.2, 0.25) is 5.95 Å². The van der Waals surface area contributed by atoms with Crippen LogP contribution < -0.4 is 15.5 Å². The molecule has 176 valence electrons. The van der Waals surface area contributed by atoms with E-state index >= 15 is 0 Å². The van der Waals surface area contributed by atoms with Crippen molar-refractivity contribution >= 4 is 34.6 Å². The Morgan fingerprint density at radius 1 is 1.06 bits per heavy atom. The Morgan fingerprint density at radius 2 is 1.85 bits per heavy atom. The zero-order chi connectivity index (χ0) is 22.9. The van der Waals surface area contributed by atoms with Crippen molar-refractivity contribution in [3.8, 4) is 0 Å². The Kier molecular flexibility index (Phi) is 7.91. The number of carboxylic acid groups (broad SMARTS) is 1. The lowest BCUT2D eigenvalue weighted by Crippen LogP contribution is -2.36. The first-order chi connectivity index (χ1) is 16.2. The Balaban J connectivity index is 0.000000586. The molecule has 1 saturated heterocycles. The second kappa shape index (κ2) is 11.5. The summed E-state index contributed by atoms with van der Waals surface area (Å²) >= 11 is 0. The van der Waals surface area contributed by atoms with E-state index in [-0.39, 0.29) is 0 Å². The normalized spacial score (nSPS) is 15.3. The number of morpholine rings is 1. The van der Waals surface area contributed by atoms with Crippen LogP contribution in [-0.4, -0.2) is 63.6 Å². The van der Waals surface area contributed by atoms with Crippen LogP contribution in [0.1, 0.15) is 32.1 Å². The van der Waals surface area contributed by atoms with Crippen molar-refractivity contribution in [2.45, 2.75) is 38.6 Å². The number of rotatable bonds is 7. The number of anilines is 3. The third-order valence-electron chi connectivity index (χ3n) is 5.69. The molecule has 2 aliphatic rings. The number of fused-ring (bicyclic) bond motifs is 1. The molecule has 4 heterocycles. The summed E-state index contributed by atoms with van der Waals surface area (Å²) in [5.41, 5.74) is 1.61. The number of nitrogens with one attached hydrogen (secondary N) is 2. The first kappa shape index (κ1) is 22.8. The lowest BCUT2D eigenvalue weighted by molar-refractivity contribution is 0.122. The van der Waals surface area contributed by atoms with Gasteiger partial charge in [0.05, 0.1) is 25.1 Å². The summed E-state index contributed by atoms with van der Waals surface area (Å²) in [4.78, 5) is 26.2. The van der Waals surface area contributed by atoms with Crippen molar-refractivity contribution in [1.82, 2.24) is 24.8 Å². The van der Waals surface area contributed by atoms with Crippen molar-refractivity contribution in [2.75, 3.05) is 43.1 Å². The number of ether oxygens (including phenoxy) is 1. The minimum atomic E-state index is -1.01. The third kappa shape index (κ3) is 6.55. The number of carbonyl (C=O) groups is 1. The van der Waals surface area contributed by atoms with Crippen LogP contribution in [0, 0.1) is 0 Å². The largest absolute Gasteiger partial charge is 0.465 e. The lowest BCUT2D eigenvalue weighted by atomic mass is 10.0. The zero-order valence-corrected chi connectivity index (χ0v) is 18.7. The number of amides is 1. The van der Waals surface area contributed by atoms with E-state index < -0.39 is 6.09 Å². The van der Waals surface area contributed by atoms with Gasteiger partial charge in [-0.3, -0.25) is 0 Å². The Morgan fingerprint density at radius 3 is 2.52 bits per heavy atom. The zero-order valence-electron chi connectivity index (χ0n) is 18.7. The average molecular weight is 454 g/mol. The highest BCUT2D eigenvalue weighted by molar-refractivity contribution is 5.76. The molecule has 10 heteroatoms. The molecule has 0 spiro atoms. The predicted octanol–water partition coefficient (Wildman–Crippen LogP) is 3.62. The van der Waals surface area contributed by atoms with Crippen LogP contribution in [0.5, 0.6) is 0 Å². The highest BCUT2D eigenvalue weighted by atomic mass is 16.5. The van der Waals surface area contributed by atoms with Crippen LogP contribution in [0.3, 0.4) is 0 Å². The molecule has 0 bridgehead atoms. The van der Waals surface area contributed by atoms with Gasteiger partial charge >= 0.3 is 6.09 Å². The standard InChI is InChI=1S/C19H23N7O3.C4H8/c27-19(28)20-5-1-6-26-7-4-14-12-22-18(24-17(14)26)23-15-2-3-16(21-13-15)25-8-10-29-11-9-25;1-2-4-3-1/h2-4,7,12-13,20H,1,5-6,8-11H2,(H,27,28)(H,22,23,24);1-4H2. The maximum absolute atomic E-state index is 10.5. The van der Waals surface area contributed by atoms with E-state index in [2.05, 4.69) is 30.5 Å². The van der Waals surface area contributed by atoms with Crippen LogP contribution in [0.15, 0.2) is 36.8 Å². The highest BCUT2D eigenvalue weighted by Gasteiger charge is 2.12. The molecule has 0 aromatic carbocycles. The number of hydrogen-bond donors (Lipinski definition) is 3. The molecule has 0 atom stereocenters. The van der Waals surface area contributed by atoms with E-state index in [1.165, 1.54) is 25.7 Å². The molecule has 2 fully saturated rings. The fourth-order valence-electron chi connectivity index (χ4n) is 3.47. The van der Waals surface area contributed by atoms with Crippen molar-refractivity contribution in [2.24, 2.45) is 0 Å². The minimum absolute atomic E-state index is 0.395. The molecule has 0 radical (unpaired) electrons. The fraction of sp³-hybridized carbons (Fsp3) is 0.478. The summed E-state index contributed by atoms with van der Waals surface area (Å²) in [6, 6.07) is 5.88. The molecular formula is C23H31N7O3. The first-order valence-corrected chi connectivity index (χ1v) is 11.5. The van der Waals surface area contributed by atoms with E-state index in [4.69, 9.17) is 9.84 Å². The van der Waals surface area contributed by atoms with Gasteiger partial charge in [0.1, 0.15) is 11.5 Å². The molecule has 3 aromatic heterocycles. The molecule has 1 saturated carbocycles. The second-order valence-electron chi connectivity index (χ2n) is 8.11. The van der Waals surface area contributed by atoms with Gasteiger partial charge in [-0.2, -0.15) is 4.98 Å². The van der Waals surface area contributed by atoms with Crippen molar-refractivity contribution in [3.63, 3.8) is 0 Å². The number of hydrogen-bond acceptors (Lipinski definition) is 7. The highest BCUT2D eigenvalue weighted by Crippen LogP contribution is 2.20. The van der Waals surface area contributed by atoms with E-state index in [1.807, 2.05) is 29.0 Å². The van der Waals surface area contributed by atoms with E-state index in [1.54, 1.807) is 12.4 Å². The predicted molar refractivity (Wildman–Crippen MR) is 127 cm³/mol. The molecular weight excluding hydrogens is 422 g/mol. The summed E-state index contributed by atoms with van der Waals surface area (Å²) in [6.07, 6.45) is 11.1. The molecule has 3 aromatic rings. The monoisotopic (exact) mass is 453 g/mol. The molecule has 0 unspecified atom stereocenters. The number of aryl methyl sites for hydroxylation is 1. The molecule has 33 heavy (non-hydrogen) atoms. The lowest BCUT2D eigenvalue weighted by Gasteiger charge is -2.27. The average Bonchev–Trinajstić information content (AvgIpc) is 3.19. The molecule has 3 N–H and O–H groups in total. The van der Waals surface area contributed by atoms with Crippen LogP contribution in [0.25, 0.3) is 11.0 Å². The van der Waals surface area contributed by atoms with Gasteiger partial charge in [-0.05, 0) is 24.6 Å². The van der Waals surface area contributed by atoms with Gasteiger partial charge in [-0.25, -0.2) is 14.8 Å². The first-order valence-electron chi connectivity index (χ1n) is 11.5. The van der Waals surface area contributed by atoms with E-state index in [0.29, 0.717) is 25.5 Å². The van der Waals surface area contributed by atoms with Gasteiger partial charge < -0.3 is 29.9 Å². The summed E-state index contributed by atoms with van der Waals surface area (Å²) in [7, 11) is 0. The summed E-state index contributed by atoms with van der Waals surface area (Å²) in [5.74, 6) is 1.42. The second-order valence-corrected chi connectivity index (χ2v) is 8.11. The number of nitrogens with zero attached hydrogens (tertiary/aromatic N) is 5. The van der Waals surface area contributed by atoms with Gasteiger partial charge in [0, 0.05) is 44.0 Å². The summed E-state index contributed by atoms with van der Waals surface area (Å²) < 4.78 is 7.37. The number of aromatic nitrogens is 4. The molecule has 5 rings (SSSR count). The molecule has 1 amide bonds. The fourth-order valence-corrected chi connectivity index (χ4v) is 3.47. The van der Waals surface area contributed by atoms with Crippen LogP contribution in [0.2, 0.25) is 0 Å². The number of pyridine rings is 1. The van der Waals surface area contributed by atoms with E-state index in [0.717, 1.165) is 48.8 Å². The maximum atomic E-state index is 10.5. The Bertz CT molecular complexity index is 1020. The smallest absolute Gasteiger partial charge is 0.404 e. The van der Waals surface area contributed by atoms with Crippen LogP contribution >= 0.6 is 0 Å². The van der Waals surface area contributed by atoms with Gasteiger partial charge in [-0.15, -0.1) is 0 Å². The third-order valence-corrected chi connectivity index (χ3v) is 5.69. The summed E-state index contributed by atoms with van der Waals surface area (Å²) in [5, 5.41) is 15.1. The minimum Gasteiger partial charge on any atom is -0.465 e. The SMILES string of the molecule is C1CCC1.O=C(O)NCCCn1ccc2cnc(Nc3ccc(N4CCOCC4)nc3)nc21. The van der Waals surface area contributed by atoms with Crippen molar-refractivity contribution in [1.29, 1.82) is 0 Å². The topological polar surface area (TPSA) is 117 Å². The van der Waals surface area contributed by atoms with Crippen LogP contribution in [0.4, 0.5) is 22.2 Å². The van der Waals surface area contributed by atoms with Gasteiger partial charge in [-0.1, -0.05) is 25.7 Å².